The molecule has 1 fully saturated rings. The van der Waals surface area contributed by atoms with Gasteiger partial charge in [0, 0.05) is 35.4 Å². The lowest BCUT2D eigenvalue weighted by atomic mass is 9.94. The van der Waals surface area contributed by atoms with Crippen molar-refractivity contribution >= 4 is 23.0 Å². The first-order valence-electron chi connectivity index (χ1n) is 9.32. The van der Waals surface area contributed by atoms with Gasteiger partial charge in [-0.3, -0.25) is 9.78 Å². The van der Waals surface area contributed by atoms with Crippen LogP contribution >= 0.6 is 0 Å². The summed E-state index contributed by atoms with van der Waals surface area (Å²) in [5.74, 6) is -1.47. The highest BCUT2D eigenvalue weighted by Gasteiger charge is 2.35. The number of benzene rings is 1. The van der Waals surface area contributed by atoms with Gasteiger partial charge < -0.3 is 14.7 Å². The smallest absolute Gasteiger partial charge is 0.339 e. The number of aliphatic carboxylic acids is 1. The summed E-state index contributed by atoms with van der Waals surface area (Å²) < 4.78 is 4.88. The number of oxime groups is 1. The van der Waals surface area contributed by atoms with Crippen molar-refractivity contribution in [3.8, 4) is 0 Å². The molecule has 7 heteroatoms. The molecule has 0 atom stereocenters. The quantitative estimate of drug-likeness (QED) is 0.166. The van der Waals surface area contributed by atoms with Crippen LogP contribution in [0.25, 0.3) is 5.57 Å². The number of pyridine rings is 1. The Labute approximate surface area is 168 Å². The zero-order valence-electron chi connectivity index (χ0n) is 16.1. The minimum atomic E-state index is -1.18. The van der Waals surface area contributed by atoms with Gasteiger partial charge in [-0.25, -0.2) is 4.79 Å². The minimum Gasteiger partial charge on any atom is -0.503 e. The third-order valence-corrected chi connectivity index (χ3v) is 4.46. The molecule has 150 valence electrons. The average molecular weight is 394 g/mol. The van der Waals surface area contributed by atoms with E-state index in [2.05, 4.69) is 10.1 Å². The summed E-state index contributed by atoms with van der Waals surface area (Å²) >= 11 is 0. The molecular weight excluding hydrogens is 372 g/mol. The summed E-state index contributed by atoms with van der Waals surface area (Å²) in [4.78, 5) is 34.4. The van der Waals surface area contributed by atoms with Crippen LogP contribution in [0.4, 0.5) is 0 Å². The average Bonchev–Trinajstić information content (AvgIpc) is 3.57. The first kappa shape index (κ1) is 20.3. The van der Waals surface area contributed by atoms with Crippen LogP contribution in [0.5, 0.6) is 0 Å². The fourth-order valence-electron chi connectivity index (χ4n) is 2.87. The molecule has 1 aromatic heterocycles. The maximum atomic E-state index is 13.2. The molecule has 7 nitrogen and oxygen atoms in total. The summed E-state index contributed by atoms with van der Waals surface area (Å²) in [6, 6.07) is 12.2. The maximum absolute atomic E-state index is 13.2. The number of ether oxygens (including phenoxy) is 1. The summed E-state index contributed by atoms with van der Waals surface area (Å²) in [6.07, 6.45) is 5.12. The van der Waals surface area contributed by atoms with Gasteiger partial charge in [-0.1, -0.05) is 35.5 Å². The van der Waals surface area contributed by atoms with E-state index in [0.29, 0.717) is 18.7 Å². The highest BCUT2D eigenvalue weighted by atomic mass is 16.6. The Kier molecular flexibility index (Phi) is 6.73. The molecule has 0 radical (unpaired) electrons. The monoisotopic (exact) mass is 394 g/mol. The number of carbonyl (C=O) groups is 2. The van der Waals surface area contributed by atoms with Gasteiger partial charge in [-0.05, 0) is 25.0 Å². The number of ketones is 1. The number of carboxylic acid groups (broad SMARTS) is 1. The lowest BCUT2D eigenvalue weighted by Gasteiger charge is -2.11. The van der Waals surface area contributed by atoms with Crippen LogP contribution in [0.15, 0.2) is 60.1 Å². The first-order valence-corrected chi connectivity index (χ1v) is 9.32. The number of methoxy groups -OCH3 is 1. The van der Waals surface area contributed by atoms with E-state index in [9.17, 15) is 14.7 Å². The number of rotatable bonds is 10. The van der Waals surface area contributed by atoms with E-state index >= 15 is 0 Å². The summed E-state index contributed by atoms with van der Waals surface area (Å²) in [7, 11) is 1.36. The van der Waals surface area contributed by atoms with Crippen molar-refractivity contribution in [1.82, 2.24) is 4.98 Å². The maximum Gasteiger partial charge on any atom is 0.339 e. The number of aromatic nitrogens is 1. The Morgan fingerprint density at radius 3 is 2.52 bits per heavy atom. The molecule has 1 heterocycles. The molecule has 1 aliphatic rings. The van der Waals surface area contributed by atoms with Crippen LogP contribution in [0.1, 0.15) is 34.5 Å². The van der Waals surface area contributed by atoms with Crippen molar-refractivity contribution in [2.75, 3.05) is 13.7 Å². The summed E-state index contributed by atoms with van der Waals surface area (Å²) in [5, 5.41) is 13.6. The Hall–Kier alpha value is -3.48. The normalized spacial score (nSPS) is 14.4. The third kappa shape index (κ3) is 5.28. The van der Waals surface area contributed by atoms with Crippen LogP contribution in [0.3, 0.4) is 0 Å². The van der Waals surface area contributed by atoms with Crippen molar-refractivity contribution in [3.63, 3.8) is 0 Å². The van der Waals surface area contributed by atoms with E-state index in [4.69, 9.17) is 9.57 Å². The molecule has 0 saturated heterocycles. The van der Waals surface area contributed by atoms with Crippen molar-refractivity contribution < 1.29 is 24.3 Å². The Balaban J connectivity index is 1.79. The minimum absolute atomic E-state index is 0.0325. The third-order valence-electron chi connectivity index (χ3n) is 4.46. The molecule has 0 spiro atoms. The second-order valence-corrected chi connectivity index (χ2v) is 6.60. The molecule has 0 unspecified atom stereocenters. The molecule has 1 aliphatic carbocycles. The second-order valence-electron chi connectivity index (χ2n) is 6.60. The number of carbonyl (C=O) groups excluding carboxylic acids is 1. The topological polar surface area (TPSA) is 98.1 Å². The van der Waals surface area contributed by atoms with Crippen LogP contribution in [-0.4, -0.2) is 41.3 Å². The molecule has 0 aliphatic heterocycles. The fourth-order valence-corrected chi connectivity index (χ4v) is 2.87. The van der Waals surface area contributed by atoms with Crippen LogP contribution in [0.2, 0.25) is 0 Å². The first-order chi connectivity index (χ1) is 14.1. The predicted octanol–water partition coefficient (Wildman–Crippen LogP) is 3.36. The van der Waals surface area contributed by atoms with Crippen LogP contribution in [-0.2, 0) is 20.8 Å². The Morgan fingerprint density at radius 2 is 1.90 bits per heavy atom. The van der Waals surface area contributed by atoms with Gasteiger partial charge in [0.1, 0.15) is 17.9 Å². The predicted molar refractivity (Wildman–Crippen MR) is 107 cm³/mol. The van der Waals surface area contributed by atoms with Crippen molar-refractivity contribution in [2.24, 2.45) is 11.1 Å². The molecule has 1 N–H and O–H groups in total. The largest absolute Gasteiger partial charge is 0.503 e. The lowest BCUT2D eigenvalue weighted by molar-refractivity contribution is -0.130. The van der Waals surface area contributed by atoms with Gasteiger partial charge in [-0.15, -0.1) is 0 Å². The van der Waals surface area contributed by atoms with E-state index in [1.165, 1.54) is 7.11 Å². The molecular formula is C22H22N2O5. The van der Waals surface area contributed by atoms with Gasteiger partial charge in [0.2, 0.25) is 5.78 Å². The van der Waals surface area contributed by atoms with Gasteiger partial charge in [0.25, 0.3) is 0 Å². The van der Waals surface area contributed by atoms with Crippen molar-refractivity contribution in [1.29, 1.82) is 0 Å². The zero-order valence-corrected chi connectivity index (χ0v) is 16.1. The summed E-state index contributed by atoms with van der Waals surface area (Å²) in [5.41, 5.74) is 1.65. The number of carboxylic acids is 1. The van der Waals surface area contributed by atoms with E-state index in [0.717, 1.165) is 24.8 Å². The molecule has 29 heavy (non-hydrogen) atoms. The molecule has 1 aromatic carbocycles. The highest BCUT2D eigenvalue weighted by Crippen LogP contribution is 2.33. The summed E-state index contributed by atoms with van der Waals surface area (Å²) in [6.45, 7) is 0.298. The molecule has 0 bridgehead atoms. The van der Waals surface area contributed by atoms with Gasteiger partial charge in [-0.2, -0.15) is 0 Å². The van der Waals surface area contributed by atoms with Crippen molar-refractivity contribution in [3.05, 3.63) is 71.7 Å². The standard InChI is InChI=1S/C22H22N2O5/c1-28-14-19(22(26)27)17-7-2-3-8-18(17)21(25)20(15-9-10-15)24-29-13-11-16-6-4-5-12-23-16/h2-8,12,14-15H,9-11,13H2,1H3,(H,26,27)/b19-14+,24-20+. The Bertz CT molecular complexity index is 933. The second kappa shape index (κ2) is 9.64. The van der Waals surface area contributed by atoms with Gasteiger partial charge >= 0.3 is 5.97 Å². The SMILES string of the molecule is CO/C=C(/C(=O)O)c1ccccc1C(=O)/C(=N/OCCc1ccccn1)C1CC1. The molecule has 0 amide bonds. The lowest BCUT2D eigenvalue weighted by Crippen LogP contribution is -2.20. The fraction of sp³-hybridized carbons (Fsp3) is 0.273. The molecule has 2 aromatic rings. The number of Topliss-reactive ketones (excluding diaryl/α,β-unsaturated/α-hetero) is 1. The molecule has 1 saturated carbocycles. The van der Waals surface area contributed by atoms with E-state index in [1.54, 1.807) is 30.5 Å². The van der Waals surface area contributed by atoms with E-state index < -0.39 is 5.97 Å². The van der Waals surface area contributed by atoms with E-state index in [-0.39, 0.29) is 28.4 Å². The van der Waals surface area contributed by atoms with E-state index in [1.807, 2.05) is 18.2 Å². The van der Waals surface area contributed by atoms with Gasteiger partial charge in [0.05, 0.1) is 13.4 Å². The molecule has 3 rings (SSSR count). The zero-order chi connectivity index (χ0) is 20.6. The van der Waals surface area contributed by atoms with Crippen LogP contribution in [0, 0.1) is 5.92 Å². The highest BCUT2D eigenvalue weighted by molar-refractivity contribution is 6.48. The number of nitrogens with zero attached hydrogens (tertiary/aromatic N) is 2. The number of hydrogen-bond acceptors (Lipinski definition) is 6. The van der Waals surface area contributed by atoms with Crippen LogP contribution < -0.4 is 0 Å². The van der Waals surface area contributed by atoms with Gasteiger partial charge in [0.15, 0.2) is 0 Å². The van der Waals surface area contributed by atoms with Crippen molar-refractivity contribution in [2.45, 2.75) is 19.3 Å². The Morgan fingerprint density at radius 1 is 1.17 bits per heavy atom. The number of hydrogen-bond donors (Lipinski definition) is 1.